The van der Waals surface area contributed by atoms with Crippen LogP contribution in [-0.2, 0) is 4.79 Å². The van der Waals surface area contributed by atoms with E-state index >= 15 is 0 Å². The first-order valence-corrected chi connectivity index (χ1v) is 11.7. The molecule has 5 heteroatoms. The number of para-hydroxylation sites is 1. The number of carbonyl (C=O) groups excluding carboxylic acids is 1. The van der Waals surface area contributed by atoms with Crippen LogP contribution in [0, 0.1) is 19.8 Å². The van der Waals surface area contributed by atoms with Crippen molar-refractivity contribution in [1.82, 2.24) is 14.5 Å². The van der Waals surface area contributed by atoms with Crippen molar-refractivity contribution in [3.63, 3.8) is 0 Å². The maximum Gasteiger partial charge on any atom is 0.266 e. The molecule has 1 atom stereocenters. The number of benzene rings is 2. The normalized spacial score (nSPS) is 12.3. The minimum atomic E-state index is -0.282. The Morgan fingerprint density at radius 1 is 1.06 bits per heavy atom. The van der Waals surface area contributed by atoms with E-state index < -0.39 is 0 Å². The van der Waals surface area contributed by atoms with Gasteiger partial charge in [0.05, 0.1) is 22.6 Å². The van der Waals surface area contributed by atoms with Crippen LogP contribution >= 0.6 is 0 Å². The number of amides is 1. The van der Waals surface area contributed by atoms with Crippen molar-refractivity contribution in [2.75, 3.05) is 6.54 Å². The Kier molecular flexibility index (Phi) is 7.49. The molecule has 1 amide bonds. The number of aryl methyl sites for hydroxylation is 2. The summed E-state index contributed by atoms with van der Waals surface area (Å²) in [5.74, 6) is 0.604. The molecule has 0 N–H and O–H groups in total. The first-order valence-electron chi connectivity index (χ1n) is 11.7. The SMILES string of the molecule is CCCCN(C(=O)C(C)C)C(CC)c1nc2ccccc2c(=O)n1-c1ccc(C)c(C)c1. The van der Waals surface area contributed by atoms with Gasteiger partial charge in [-0.2, -0.15) is 0 Å². The molecule has 0 aliphatic heterocycles. The monoisotopic (exact) mass is 433 g/mol. The Morgan fingerprint density at radius 3 is 2.41 bits per heavy atom. The summed E-state index contributed by atoms with van der Waals surface area (Å²) in [7, 11) is 0. The number of nitrogens with zero attached hydrogens (tertiary/aromatic N) is 3. The lowest BCUT2D eigenvalue weighted by atomic mass is 10.1. The van der Waals surface area contributed by atoms with E-state index in [1.54, 1.807) is 4.57 Å². The third kappa shape index (κ3) is 4.62. The molecule has 0 bridgehead atoms. The molecule has 0 radical (unpaired) electrons. The number of aromatic nitrogens is 2. The smallest absolute Gasteiger partial charge is 0.266 e. The molecule has 3 rings (SSSR count). The molecule has 170 valence electrons. The molecule has 1 unspecified atom stereocenters. The number of unbranched alkanes of at least 4 members (excludes halogenated alkanes) is 1. The van der Waals surface area contributed by atoms with Crippen LogP contribution in [0.15, 0.2) is 47.3 Å². The fourth-order valence-corrected chi connectivity index (χ4v) is 4.11. The van der Waals surface area contributed by atoms with Gasteiger partial charge in [-0.05, 0) is 62.1 Å². The highest BCUT2D eigenvalue weighted by Crippen LogP contribution is 2.28. The van der Waals surface area contributed by atoms with Crippen molar-refractivity contribution >= 4 is 16.8 Å². The summed E-state index contributed by atoms with van der Waals surface area (Å²) in [5, 5.41) is 0.583. The largest absolute Gasteiger partial charge is 0.332 e. The molecule has 3 aromatic rings. The highest BCUT2D eigenvalue weighted by atomic mass is 16.2. The van der Waals surface area contributed by atoms with Crippen LogP contribution in [0.1, 0.15) is 70.0 Å². The molecule has 0 fully saturated rings. The third-order valence-corrected chi connectivity index (χ3v) is 6.14. The Balaban J connectivity index is 2.31. The van der Waals surface area contributed by atoms with E-state index in [9.17, 15) is 9.59 Å². The molecule has 0 aliphatic rings. The lowest BCUT2D eigenvalue weighted by Gasteiger charge is -2.33. The van der Waals surface area contributed by atoms with E-state index in [4.69, 9.17) is 4.98 Å². The molecule has 1 aromatic heterocycles. The van der Waals surface area contributed by atoms with Crippen molar-refractivity contribution in [3.8, 4) is 5.69 Å². The molecule has 5 nitrogen and oxygen atoms in total. The molecular formula is C27H35N3O2. The van der Waals surface area contributed by atoms with Crippen molar-refractivity contribution in [2.24, 2.45) is 5.92 Å². The summed E-state index contributed by atoms with van der Waals surface area (Å²) in [5.41, 5.74) is 3.64. The van der Waals surface area contributed by atoms with Gasteiger partial charge in [-0.1, -0.05) is 52.3 Å². The summed E-state index contributed by atoms with van der Waals surface area (Å²) >= 11 is 0. The standard InChI is InChI=1S/C27H35N3O2/c1-7-9-16-29(26(31)18(3)4)24(8-2)25-28-23-13-11-10-12-22(23)27(32)30(25)21-15-14-19(5)20(6)17-21/h10-15,17-18,24H,7-9,16H2,1-6H3. The van der Waals surface area contributed by atoms with Crippen LogP contribution in [-0.4, -0.2) is 26.9 Å². The minimum Gasteiger partial charge on any atom is -0.332 e. The molecule has 0 aliphatic carbocycles. The van der Waals surface area contributed by atoms with Gasteiger partial charge in [-0.3, -0.25) is 14.2 Å². The highest BCUT2D eigenvalue weighted by Gasteiger charge is 2.29. The Labute approximate surface area is 191 Å². The fourth-order valence-electron chi connectivity index (χ4n) is 4.11. The summed E-state index contributed by atoms with van der Waals surface area (Å²) < 4.78 is 1.72. The average Bonchev–Trinajstić information content (AvgIpc) is 2.78. The predicted octanol–water partition coefficient (Wildman–Crippen LogP) is 5.74. The topological polar surface area (TPSA) is 55.2 Å². The van der Waals surface area contributed by atoms with E-state index in [1.807, 2.05) is 68.1 Å². The number of hydrogen-bond donors (Lipinski definition) is 0. The van der Waals surface area contributed by atoms with Gasteiger partial charge in [-0.25, -0.2) is 4.98 Å². The Bertz CT molecular complexity index is 1160. The number of hydrogen-bond acceptors (Lipinski definition) is 3. The maximum atomic E-state index is 13.7. The zero-order valence-corrected chi connectivity index (χ0v) is 20.2. The van der Waals surface area contributed by atoms with Crippen LogP contribution < -0.4 is 5.56 Å². The van der Waals surface area contributed by atoms with E-state index in [-0.39, 0.29) is 23.4 Å². The van der Waals surface area contributed by atoms with Gasteiger partial charge in [-0.15, -0.1) is 0 Å². The van der Waals surface area contributed by atoms with Gasteiger partial charge in [0, 0.05) is 12.5 Å². The lowest BCUT2D eigenvalue weighted by Crippen LogP contribution is -2.41. The van der Waals surface area contributed by atoms with Crippen LogP contribution in [0.5, 0.6) is 0 Å². The second kappa shape index (κ2) is 10.1. The number of carbonyl (C=O) groups is 1. The predicted molar refractivity (Wildman–Crippen MR) is 131 cm³/mol. The Morgan fingerprint density at radius 2 is 1.78 bits per heavy atom. The minimum absolute atomic E-state index is 0.0966. The first kappa shape index (κ1) is 23.7. The molecule has 1 heterocycles. The number of rotatable bonds is 8. The molecule has 32 heavy (non-hydrogen) atoms. The summed E-state index contributed by atoms with van der Waals surface area (Å²) in [4.78, 5) is 33.9. The van der Waals surface area contributed by atoms with Gasteiger partial charge < -0.3 is 4.90 Å². The summed E-state index contributed by atoms with van der Waals surface area (Å²) in [6.07, 6.45) is 2.58. The van der Waals surface area contributed by atoms with E-state index in [0.717, 1.165) is 24.1 Å². The van der Waals surface area contributed by atoms with Gasteiger partial charge in [0.1, 0.15) is 5.82 Å². The molecule has 2 aromatic carbocycles. The summed E-state index contributed by atoms with van der Waals surface area (Å²) in [6.45, 7) is 12.8. The maximum absolute atomic E-state index is 13.7. The average molecular weight is 434 g/mol. The van der Waals surface area contributed by atoms with Gasteiger partial charge in [0.25, 0.3) is 5.56 Å². The quantitative estimate of drug-likeness (QED) is 0.455. The van der Waals surface area contributed by atoms with Crippen LogP contribution in [0.3, 0.4) is 0 Å². The highest BCUT2D eigenvalue weighted by molar-refractivity contribution is 5.80. The van der Waals surface area contributed by atoms with Crippen molar-refractivity contribution in [1.29, 1.82) is 0 Å². The summed E-state index contributed by atoms with van der Waals surface area (Å²) in [6, 6.07) is 13.2. The Hall–Kier alpha value is -2.95. The van der Waals surface area contributed by atoms with Crippen molar-refractivity contribution < 1.29 is 4.79 Å². The molecule has 0 saturated heterocycles. The van der Waals surface area contributed by atoms with Crippen LogP contribution in [0.25, 0.3) is 16.6 Å². The second-order valence-electron chi connectivity index (χ2n) is 8.86. The van der Waals surface area contributed by atoms with E-state index in [0.29, 0.717) is 29.7 Å². The van der Waals surface area contributed by atoms with Gasteiger partial charge in [0.2, 0.25) is 5.91 Å². The molecule has 0 saturated carbocycles. The molecular weight excluding hydrogens is 398 g/mol. The van der Waals surface area contributed by atoms with E-state index in [2.05, 4.69) is 20.8 Å². The van der Waals surface area contributed by atoms with Gasteiger partial charge in [0.15, 0.2) is 0 Å². The zero-order valence-electron chi connectivity index (χ0n) is 20.2. The second-order valence-corrected chi connectivity index (χ2v) is 8.86. The fraction of sp³-hybridized carbons (Fsp3) is 0.444. The van der Waals surface area contributed by atoms with Crippen LogP contribution in [0.4, 0.5) is 0 Å². The van der Waals surface area contributed by atoms with Crippen LogP contribution in [0.2, 0.25) is 0 Å². The van der Waals surface area contributed by atoms with E-state index in [1.165, 1.54) is 5.56 Å². The van der Waals surface area contributed by atoms with Gasteiger partial charge >= 0.3 is 0 Å². The third-order valence-electron chi connectivity index (χ3n) is 6.14. The first-order chi connectivity index (χ1) is 15.3. The number of fused-ring (bicyclic) bond motifs is 1. The lowest BCUT2D eigenvalue weighted by molar-refractivity contribution is -0.137. The zero-order chi connectivity index (χ0) is 23.4. The molecule has 0 spiro atoms. The van der Waals surface area contributed by atoms with Crippen molar-refractivity contribution in [3.05, 3.63) is 69.8 Å². The van der Waals surface area contributed by atoms with Crippen molar-refractivity contribution in [2.45, 2.75) is 66.8 Å².